The molecule has 1 saturated heterocycles. The van der Waals surface area contributed by atoms with Crippen molar-refractivity contribution < 1.29 is 26.4 Å². The summed E-state index contributed by atoms with van der Waals surface area (Å²) in [5.41, 5.74) is -1.11. The molecule has 0 saturated carbocycles. The van der Waals surface area contributed by atoms with Crippen molar-refractivity contribution in [2.75, 3.05) is 21.9 Å². The Morgan fingerprint density at radius 2 is 1.82 bits per heavy atom. The maximum Gasteiger partial charge on any atom is 0.418 e. The van der Waals surface area contributed by atoms with Gasteiger partial charge in [-0.15, -0.1) is 0 Å². The van der Waals surface area contributed by atoms with Gasteiger partial charge >= 0.3 is 6.18 Å². The molecule has 1 heterocycles. The number of hydrogen-bond donors (Lipinski definition) is 1. The lowest BCUT2D eigenvalue weighted by Crippen LogP contribution is -2.37. The second-order valence-corrected chi connectivity index (χ2v) is 8.68. The van der Waals surface area contributed by atoms with E-state index in [1.54, 1.807) is 0 Å². The van der Waals surface area contributed by atoms with E-state index in [0.29, 0.717) is 25.1 Å². The molecule has 0 aromatic heterocycles. The summed E-state index contributed by atoms with van der Waals surface area (Å²) < 4.78 is 64.8. The number of para-hydroxylation sites is 1. The molecule has 28 heavy (non-hydrogen) atoms. The molecule has 2 aromatic carbocycles. The number of anilines is 2. The van der Waals surface area contributed by atoms with Gasteiger partial charge in [-0.3, -0.25) is 9.10 Å². The highest BCUT2D eigenvalue weighted by molar-refractivity contribution is 7.92. The van der Waals surface area contributed by atoms with Crippen molar-refractivity contribution in [1.82, 2.24) is 0 Å². The average Bonchev–Trinajstić information content (AvgIpc) is 2.60. The molecule has 0 radical (unpaired) electrons. The molecule has 0 atom stereocenters. The highest BCUT2D eigenvalue weighted by Crippen LogP contribution is 2.35. The standard InChI is InChI=1S/C18H16ClF3N2O3S/c19-15-11-12(24-9-3-4-10-28(24,26)27)7-8-13(15)17(25)23-16-6-2-1-5-14(16)18(20,21)22/h1-2,5-8,11H,3-4,9-10H2,(H,23,25). The summed E-state index contributed by atoms with van der Waals surface area (Å²) in [6.07, 6.45) is -3.35. The Hall–Kier alpha value is -2.26. The van der Waals surface area contributed by atoms with Crippen LogP contribution in [0.2, 0.25) is 5.02 Å². The highest BCUT2D eigenvalue weighted by atomic mass is 35.5. The zero-order valence-corrected chi connectivity index (χ0v) is 16.0. The summed E-state index contributed by atoms with van der Waals surface area (Å²) in [6, 6.07) is 8.64. The van der Waals surface area contributed by atoms with Crippen LogP contribution in [0.4, 0.5) is 24.5 Å². The van der Waals surface area contributed by atoms with Crippen LogP contribution in [0.15, 0.2) is 42.5 Å². The first-order chi connectivity index (χ1) is 13.1. The Morgan fingerprint density at radius 3 is 2.46 bits per heavy atom. The molecular weight excluding hydrogens is 417 g/mol. The number of halogens is 4. The molecule has 0 aliphatic carbocycles. The molecule has 1 fully saturated rings. The third kappa shape index (κ3) is 4.25. The summed E-state index contributed by atoms with van der Waals surface area (Å²) in [5.74, 6) is -0.795. The molecule has 1 amide bonds. The fourth-order valence-electron chi connectivity index (χ4n) is 2.95. The molecule has 0 unspecified atom stereocenters. The van der Waals surface area contributed by atoms with Gasteiger partial charge in [0.05, 0.1) is 33.3 Å². The molecule has 0 bridgehead atoms. The minimum atomic E-state index is -4.62. The van der Waals surface area contributed by atoms with Gasteiger partial charge in [0.1, 0.15) is 0 Å². The number of carbonyl (C=O) groups excluding carboxylic acids is 1. The minimum Gasteiger partial charge on any atom is -0.321 e. The summed E-state index contributed by atoms with van der Waals surface area (Å²) in [7, 11) is -3.45. The van der Waals surface area contributed by atoms with Crippen LogP contribution in [0, 0.1) is 0 Å². The van der Waals surface area contributed by atoms with E-state index in [4.69, 9.17) is 11.6 Å². The third-order valence-electron chi connectivity index (χ3n) is 4.32. The number of benzene rings is 2. The predicted octanol–water partition coefficient (Wildman–Crippen LogP) is 4.54. The Bertz CT molecular complexity index is 1010. The summed E-state index contributed by atoms with van der Waals surface area (Å²) in [5, 5.41) is 2.16. The predicted molar refractivity (Wildman–Crippen MR) is 101 cm³/mol. The van der Waals surface area contributed by atoms with E-state index >= 15 is 0 Å². The Labute approximate surface area is 165 Å². The molecule has 3 rings (SSSR count). The number of amides is 1. The molecule has 1 N–H and O–H groups in total. The largest absolute Gasteiger partial charge is 0.418 e. The van der Waals surface area contributed by atoms with Gasteiger partial charge in [-0.25, -0.2) is 8.42 Å². The van der Waals surface area contributed by atoms with Gasteiger partial charge in [-0.05, 0) is 43.2 Å². The van der Waals surface area contributed by atoms with Crippen molar-refractivity contribution in [3.05, 3.63) is 58.6 Å². The first-order valence-electron chi connectivity index (χ1n) is 8.37. The fraction of sp³-hybridized carbons (Fsp3) is 0.278. The summed E-state index contributed by atoms with van der Waals surface area (Å²) >= 11 is 6.13. The monoisotopic (exact) mass is 432 g/mol. The molecule has 1 aliphatic rings. The van der Waals surface area contributed by atoms with Crippen molar-refractivity contribution in [3.63, 3.8) is 0 Å². The van der Waals surface area contributed by atoms with Crippen molar-refractivity contribution in [1.29, 1.82) is 0 Å². The molecular formula is C18H16ClF3N2O3S. The van der Waals surface area contributed by atoms with Crippen LogP contribution < -0.4 is 9.62 Å². The van der Waals surface area contributed by atoms with Crippen LogP contribution in [0.1, 0.15) is 28.8 Å². The van der Waals surface area contributed by atoms with Crippen molar-refractivity contribution in [2.24, 2.45) is 0 Å². The van der Waals surface area contributed by atoms with Crippen LogP contribution in [-0.2, 0) is 16.2 Å². The van der Waals surface area contributed by atoms with Crippen LogP contribution in [0.5, 0.6) is 0 Å². The first kappa shape index (κ1) is 20.5. The number of hydrogen-bond acceptors (Lipinski definition) is 3. The smallest absolute Gasteiger partial charge is 0.321 e. The van der Waals surface area contributed by atoms with E-state index in [1.165, 1.54) is 34.6 Å². The SMILES string of the molecule is O=C(Nc1ccccc1C(F)(F)F)c1ccc(N2CCCCS2(=O)=O)cc1Cl. The summed E-state index contributed by atoms with van der Waals surface area (Å²) in [6.45, 7) is 0.309. The van der Waals surface area contributed by atoms with E-state index in [-0.39, 0.29) is 16.3 Å². The van der Waals surface area contributed by atoms with Gasteiger partial charge in [0.15, 0.2) is 0 Å². The van der Waals surface area contributed by atoms with E-state index in [0.717, 1.165) is 12.1 Å². The zero-order valence-electron chi connectivity index (χ0n) is 14.5. The van der Waals surface area contributed by atoms with E-state index in [1.807, 2.05) is 0 Å². The van der Waals surface area contributed by atoms with Crippen LogP contribution >= 0.6 is 11.6 Å². The number of alkyl halides is 3. The lowest BCUT2D eigenvalue weighted by atomic mass is 10.1. The Morgan fingerprint density at radius 1 is 1.11 bits per heavy atom. The lowest BCUT2D eigenvalue weighted by molar-refractivity contribution is -0.136. The number of nitrogens with zero attached hydrogens (tertiary/aromatic N) is 1. The van der Waals surface area contributed by atoms with Crippen LogP contribution in [0.3, 0.4) is 0 Å². The van der Waals surface area contributed by atoms with Gasteiger partial charge in [-0.2, -0.15) is 13.2 Å². The Balaban J connectivity index is 1.87. The normalized spacial score (nSPS) is 16.6. The van der Waals surface area contributed by atoms with Gasteiger partial charge < -0.3 is 5.32 Å². The first-order valence-corrected chi connectivity index (χ1v) is 10.4. The number of sulfonamides is 1. The van der Waals surface area contributed by atoms with Crippen LogP contribution in [0.25, 0.3) is 0 Å². The van der Waals surface area contributed by atoms with Gasteiger partial charge in [0.2, 0.25) is 10.0 Å². The second kappa shape index (κ2) is 7.63. The average molecular weight is 433 g/mol. The van der Waals surface area contributed by atoms with Gasteiger partial charge in [0.25, 0.3) is 5.91 Å². The summed E-state index contributed by atoms with van der Waals surface area (Å²) in [4.78, 5) is 12.4. The molecule has 2 aromatic rings. The second-order valence-electron chi connectivity index (χ2n) is 6.26. The van der Waals surface area contributed by atoms with Crippen molar-refractivity contribution >= 4 is 38.9 Å². The molecule has 1 aliphatic heterocycles. The minimum absolute atomic E-state index is 0.0289. The van der Waals surface area contributed by atoms with Crippen molar-refractivity contribution in [2.45, 2.75) is 19.0 Å². The maximum atomic E-state index is 13.1. The Kier molecular flexibility index (Phi) is 5.58. The maximum absolute atomic E-state index is 13.1. The van der Waals surface area contributed by atoms with Gasteiger partial charge in [0, 0.05) is 6.54 Å². The zero-order chi connectivity index (χ0) is 20.5. The molecule has 0 spiro atoms. The molecule has 5 nitrogen and oxygen atoms in total. The fourth-order valence-corrected chi connectivity index (χ4v) is 4.84. The molecule has 10 heteroatoms. The van der Waals surface area contributed by atoms with Crippen molar-refractivity contribution in [3.8, 4) is 0 Å². The molecule has 150 valence electrons. The van der Waals surface area contributed by atoms with Crippen LogP contribution in [-0.4, -0.2) is 26.6 Å². The van der Waals surface area contributed by atoms with E-state index in [2.05, 4.69) is 5.32 Å². The topological polar surface area (TPSA) is 66.5 Å². The van der Waals surface area contributed by atoms with E-state index < -0.39 is 33.4 Å². The number of nitrogens with one attached hydrogen (secondary N) is 1. The lowest BCUT2D eigenvalue weighted by Gasteiger charge is -2.28. The highest BCUT2D eigenvalue weighted by Gasteiger charge is 2.34. The van der Waals surface area contributed by atoms with Gasteiger partial charge in [-0.1, -0.05) is 23.7 Å². The van der Waals surface area contributed by atoms with E-state index in [9.17, 15) is 26.4 Å². The quantitative estimate of drug-likeness (QED) is 0.774. The number of carbonyl (C=O) groups is 1. The third-order valence-corrected chi connectivity index (χ3v) is 6.50. The number of rotatable bonds is 3.